The van der Waals surface area contributed by atoms with Gasteiger partial charge in [0, 0.05) is 5.75 Å². The van der Waals surface area contributed by atoms with Crippen molar-refractivity contribution in [2.24, 2.45) is 14.1 Å². The predicted octanol–water partition coefficient (Wildman–Crippen LogP) is -1.36. The number of para-hydroxylation sites is 2. The Labute approximate surface area is 139 Å². The van der Waals surface area contributed by atoms with Gasteiger partial charge in [-0.05, 0) is 12.1 Å². The van der Waals surface area contributed by atoms with Gasteiger partial charge in [-0.3, -0.25) is 5.41 Å². The lowest BCUT2D eigenvalue weighted by Gasteiger charge is -2.15. The normalized spacial score (nSPS) is 20.7. The average Bonchev–Trinajstić information content (AvgIpc) is 3.12. The van der Waals surface area contributed by atoms with Gasteiger partial charge in [-0.15, -0.1) is 11.8 Å². The molecule has 1 atom stereocenters. The van der Waals surface area contributed by atoms with E-state index in [-0.39, 0.29) is 18.4 Å². The summed E-state index contributed by atoms with van der Waals surface area (Å²) in [6, 6.07) is 8.11. The maximum Gasteiger partial charge on any atom is 0.296 e. The van der Waals surface area contributed by atoms with Crippen molar-refractivity contribution in [1.82, 2.24) is 9.47 Å². The molecule has 2 aliphatic heterocycles. The van der Waals surface area contributed by atoms with E-state index in [9.17, 15) is 5.11 Å². The van der Waals surface area contributed by atoms with Gasteiger partial charge in [0.2, 0.25) is 0 Å². The minimum absolute atomic E-state index is 0. The molecule has 2 aliphatic rings. The largest absolute Gasteiger partial charge is 1.00 e. The molecule has 1 fully saturated rings. The second kappa shape index (κ2) is 5.21. The smallest absolute Gasteiger partial charge is 0.296 e. The van der Waals surface area contributed by atoms with E-state index in [0.29, 0.717) is 17.2 Å². The minimum Gasteiger partial charge on any atom is -1.00 e. The van der Waals surface area contributed by atoms with Crippen LogP contribution in [0.15, 0.2) is 30.0 Å². The molecule has 0 saturated carbocycles. The first-order valence-corrected chi connectivity index (χ1v) is 8.07. The molecule has 1 aromatic heterocycles. The number of aryl methyl sites for hydroxylation is 2. The zero-order valence-electron chi connectivity index (χ0n) is 12.4. The molecule has 0 aliphatic carbocycles. The molecule has 0 bridgehead atoms. The lowest BCUT2D eigenvalue weighted by atomic mass is 10.2. The van der Waals surface area contributed by atoms with Gasteiger partial charge >= 0.3 is 0 Å². The van der Waals surface area contributed by atoms with Gasteiger partial charge in [0.25, 0.3) is 5.82 Å². The zero-order valence-corrected chi connectivity index (χ0v) is 13.9. The molecule has 1 unspecified atom stereocenters. The van der Waals surface area contributed by atoms with Crippen LogP contribution in [-0.2, 0) is 14.1 Å². The number of rotatable bonds is 1. The highest BCUT2D eigenvalue weighted by Gasteiger charge is 2.45. The van der Waals surface area contributed by atoms with E-state index < -0.39 is 0 Å². The van der Waals surface area contributed by atoms with Gasteiger partial charge in [-0.25, -0.2) is 9.13 Å². The van der Waals surface area contributed by atoms with Crippen molar-refractivity contribution in [2.45, 2.75) is 6.04 Å². The molecule has 1 saturated heterocycles. The molecule has 5 nitrogen and oxygen atoms in total. The number of nitrogens with one attached hydrogen (secondary N) is 1. The maximum atomic E-state index is 10.6. The summed E-state index contributed by atoms with van der Waals surface area (Å²) in [5.41, 5.74) is 2.87. The minimum atomic E-state index is -0.0319. The standard InChI is InChI=1S/C15H16N4OS.ClH/c1-17-9-5-3-4-6-10(9)18(2)15(17)12-13(20)11-7-21-8-19(11)14(12)16;/h3-6,11,16H,7-8H2,1-2H3;1H. The van der Waals surface area contributed by atoms with Gasteiger partial charge in [-0.1, -0.05) is 12.1 Å². The lowest BCUT2D eigenvalue weighted by molar-refractivity contribution is -0.648. The molecule has 0 radical (unpaired) electrons. The van der Waals surface area contributed by atoms with E-state index in [0.717, 1.165) is 28.5 Å². The van der Waals surface area contributed by atoms with Crippen LogP contribution in [-0.4, -0.2) is 38.1 Å². The lowest BCUT2D eigenvalue weighted by Crippen LogP contribution is -3.00. The maximum absolute atomic E-state index is 10.6. The number of halogens is 1. The molecule has 0 spiro atoms. The van der Waals surface area contributed by atoms with Crippen LogP contribution in [0, 0.1) is 5.41 Å². The second-order valence-electron chi connectivity index (χ2n) is 5.52. The van der Waals surface area contributed by atoms with E-state index in [1.54, 1.807) is 11.8 Å². The molecule has 4 rings (SSSR count). The first-order valence-electron chi connectivity index (χ1n) is 6.91. The molecule has 0 amide bonds. The van der Waals surface area contributed by atoms with Crippen LogP contribution in [0.3, 0.4) is 0 Å². The molecule has 116 valence electrons. The number of aromatic nitrogens is 2. The summed E-state index contributed by atoms with van der Waals surface area (Å²) in [5, 5.41) is 19.1. The molecule has 2 N–H and O–H groups in total. The number of aliphatic hydroxyl groups is 1. The third-order valence-corrected chi connectivity index (χ3v) is 5.45. The van der Waals surface area contributed by atoms with Gasteiger partial charge in [0.05, 0.1) is 26.0 Å². The third kappa shape index (κ3) is 1.80. The van der Waals surface area contributed by atoms with E-state index >= 15 is 0 Å². The Balaban J connectivity index is 0.00000144. The van der Waals surface area contributed by atoms with Crippen molar-refractivity contribution >= 4 is 34.2 Å². The van der Waals surface area contributed by atoms with Crippen molar-refractivity contribution in [3.63, 3.8) is 0 Å². The quantitative estimate of drug-likeness (QED) is 0.633. The topological polar surface area (TPSA) is 56.1 Å². The van der Waals surface area contributed by atoms with Gasteiger partial charge < -0.3 is 22.4 Å². The Bertz CT molecular complexity index is 774. The van der Waals surface area contributed by atoms with Crippen LogP contribution < -0.4 is 17.0 Å². The number of benzene rings is 1. The molecule has 3 heterocycles. The highest BCUT2D eigenvalue weighted by atomic mass is 35.5. The summed E-state index contributed by atoms with van der Waals surface area (Å²) in [4.78, 5) is 1.98. The number of fused-ring (bicyclic) bond motifs is 2. The average molecular weight is 337 g/mol. The summed E-state index contributed by atoms with van der Waals surface area (Å²) < 4.78 is 4.12. The summed E-state index contributed by atoms with van der Waals surface area (Å²) >= 11 is 1.76. The fourth-order valence-electron chi connectivity index (χ4n) is 3.36. The first-order chi connectivity index (χ1) is 10.1. The van der Waals surface area contributed by atoms with Gasteiger partial charge in [0.1, 0.15) is 17.2 Å². The number of hydrogen-bond donors (Lipinski definition) is 2. The Morgan fingerprint density at radius 2 is 2.09 bits per heavy atom. The van der Waals surface area contributed by atoms with Crippen LogP contribution in [0.1, 0.15) is 5.82 Å². The predicted molar refractivity (Wildman–Crippen MR) is 84.3 cm³/mol. The van der Waals surface area contributed by atoms with Crippen molar-refractivity contribution in [3.8, 4) is 0 Å². The fourth-order valence-corrected chi connectivity index (χ4v) is 4.53. The molecule has 1 aromatic carbocycles. The van der Waals surface area contributed by atoms with Crippen LogP contribution in [0.2, 0.25) is 0 Å². The summed E-state index contributed by atoms with van der Waals surface area (Å²) in [6.45, 7) is 0. The highest BCUT2D eigenvalue weighted by molar-refractivity contribution is 7.99. The van der Waals surface area contributed by atoms with Crippen LogP contribution in [0.25, 0.3) is 16.6 Å². The Morgan fingerprint density at radius 3 is 2.77 bits per heavy atom. The van der Waals surface area contributed by atoms with Crippen molar-refractivity contribution in [2.75, 3.05) is 11.6 Å². The summed E-state index contributed by atoms with van der Waals surface area (Å²) in [6.07, 6.45) is 0. The summed E-state index contributed by atoms with van der Waals surface area (Å²) in [7, 11) is 3.98. The number of thioether (sulfide) groups is 1. The van der Waals surface area contributed by atoms with Crippen molar-refractivity contribution in [3.05, 3.63) is 35.8 Å². The Hall–Kier alpha value is -1.66. The molecule has 22 heavy (non-hydrogen) atoms. The number of imidazole rings is 1. The molecule has 7 heteroatoms. The van der Waals surface area contributed by atoms with Gasteiger partial charge in [0.15, 0.2) is 11.0 Å². The first kappa shape index (κ1) is 15.2. The van der Waals surface area contributed by atoms with Crippen LogP contribution in [0.4, 0.5) is 0 Å². The Morgan fingerprint density at radius 1 is 1.36 bits per heavy atom. The van der Waals surface area contributed by atoms with E-state index in [1.165, 1.54) is 0 Å². The monoisotopic (exact) mass is 336 g/mol. The van der Waals surface area contributed by atoms with Crippen molar-refractivity contribution < 1.29 is 22.1 Å². The van der Waals surface area contributed by atoms with E-state index in [2.05, 4.69) is 21.3 Å². The number of aliphatic hydroxyl groups excluding tert-OH is 1. The Kier molecular flexibility index (Phi) is 3.61. The molecular formula is C15H17ClN4OS. The number of amidine groups is 1. The fraction of sp³-hybridized carbons (Fsp3) is 0.333. The van der Waals surface area contributed by atoms with Gasteiger partial charge in [-0.2, -0.15) is 0 Å². The van der Waals surface area contributed by atoms with E-state index in [1.807, 2.05) is 31.1 Å². The summed E-state index contributed by atoms with van der Waals surface area (Å²) in [5.74, 6) is 3.30. The number of nitrogens with zero attached hydrogens (tertiary/aromatic N) is 3. The van der Waals surface area contributed by atoms with E-state index in [4.69, 9.17) is 5.41 Å². The zero-order chi connectivity index (χ0) is 14.7. The molecular weight excluding hydrogens is 320 g/mol. The highest BCUT2D eigenvalue weighted by Crippen LogP contribution is 2.37. The van der Waals surface area contributed by atoms with Crippen molar-refractivity contribution in [1.29, 1.82) is 5.41 Å². The third-order valence-electron chi connectivity index (χ3n) is 4.44. The van der Waals surface area contributed by atoms with Crippen LogP contribution in [0.5, 0.6) is 0 Å². The SMILES string of the molecule is Cn1c(C2=C(O)C3CSCN3C2=N)[n+](C)c2ccccc21.[Cl-]. The van der Waals surface area contributed by atoms with Crippen LogP contribution >= 0.6 is 11.8 Å². The number of hydrogen-bond acceptors (Lipinski definition) is 3. The second-order valence-corrected chi connectivity index (χ2v) is 6.52. The molecule has 2 aromatic rings.